The quantitative estimate of drug-likeness (QED) is 0.877. The van der Waals surface area contributed by atoms with Crippen molar-refractivity contribution in [3.63, 3.8) is 0 Å². The van der Waals surface area contributed by atoms with Crippen LogP contribution in [0.15, 0.2) is 29.0 Å². The van der Waals surface area contributed by atoms with Crippen molar-refractivity contribution in [2.24, 2.45) is 23.7 Å². The van der Waals surface area contributed by atoms with Gasteiger partial charge in [0, 0.05) is 13.2 Å². The van der Waals surface area contributed by atoms with Crippen LogP contribution in [0.5, 0.6) is 0 Å². The zero-order valence-electron chi connectivity index (χ0n) is 10.1. The van der Waals surface area contributed by atoms with E-state index in [9.17, 15) is 8.78 Å². The van der Waals surface area contributed by atoms with Gasteiger partial charge in [0.25, 0.3) is 6.43 Å². The maximum atomic E-state index is 12.4. The van der Waals surface area contributed by atoms with Crippen molar-refractivity contribution in [2.75, 3.05) is 0 Å². The van der Waals surface area contributed by atoms with Crippen molar-refractivity contribution in [2.45, 2.75) is 20.3 Å². The Balaban J connectivity index is 3.20. The number of hydrogen-bond acceptors (Lipinski definition) is 3. The summed E-state index contributed by atoms with van der Waals surface area (Å²) in [7, 11) is 1.57. The van der Waals surface area contributed by atoms with Crippen LogP contribution in [0.3, 0.4) is 0 Å². The second-order valence-corrected chi connectivity index (χ2v) is 3.90. The van der Waals surface area contributed by atoms with E-state index in [1.807, 2.05) is 13.8 Å². The number of hydrogen-bond donors (Lipinski definition) is 1. The van der Waals surface area contributed by atoms with Crippen LogP contribution >= 0.6 is 0 Å². The molecular formula is C11H16F2N4. The largest absolute Gasteiger partial charge is 0.403 e. The third-order valence-corrected chi connectivity index (χ3v) is 2.23. The summed E-state index contributed by atoms with van der Waals surface area (Å²) >= 11 is 0. The Morgan fingerprint density at radius 1 is 1.47 bits per heavy atom. The summed E-state index contributed by atoms with van der Waals surface area (Å²) in [6.07, 6.45) is -1.17. The minimum atomic E-state index is -2.58. The molecule has 2 N–H and O–H groups in total. The van der Waals surface area contributed by atoms with E-state index >= 15 is 0 Å². The molecule has 0 bridgehead atoms. The smallest absolute Gasteiger partial charge is 0.282 e. The number of rotatable bonds is 3. The number of aromatic nitrogens is 2. The Hall–Kier alpha value is -1.72. The molecular weight excluding hydrogens is 226 g/mol. The lowest BCUT2D eigenvalue weighted by Gasteiger charge is -2.06. The minimum Gasteiger partial charge on any atom is -0.403 e. The van der Waals surface area contributed by atoms with Gasteiger partial charge in [-0.3, -0.25) is 4.68 Å². The van der Waals surface area contributed by atoms with Gasteiger partial charge in [0.05, 0.1) is 5.70 Å². The van der Waals surface area contributed by atoms with E-state index in [1.54, 1.807) is 7.05 Å². The van der Waals surface area contributed by atoms with Crippen molar-refractivity contribution in [3.05, 3.63) is 35.2 Å². The number of allylic oxidation sites excluding steroid dienone is 1. The van der Waals surface area contributed by atoms with Crippen LogP contribution in [0.4, 0.5) is 8.78 Å². The lowest BCUT2D eigenvalue weighted by Crippen LogP contribution is -2.22. The van der Waals surface area contributed by atoms with Gasteiger partial charge in [-0.05, 0) is 18.1 Å². The molecule has 4 nitrogen and oxygen atoms in total. The molecule has 17 heavy (non-hydrogen) atoms. The summed E-state index contributed by atoms with van der Waals surface area (Å²) in [6.45, 7) is 3.90. The highest BCUT2D eigenvalue weighted by atomic mass is 19.3. The molecule has 0 fully saturated rings. The Morgan fingerprint density at radius 3 is 2.53 bits per heavy atom. The van der Waals surface area contributed by atoms with E-state index in [0.717, 1.165) is 0 Å². The Morgan fingerprint density at radius 2 is 2.12 bits per heavy atom. The molecule has 0 aliphatic heterocycles. The average molecular weight is 242 g/mol. The number of nitrogens with two attached hydrogens (primary N) is 1. The number of nitrogens with zero attached hydrogens (tertiary/aromatic N) is 3. The molecule has 0 radical (unpaired) electrons. The van der Waals surface area contributed by atoms with Crippen LogP contribution in [0.2, 0.25) is 0 Å². The molecule has 0 aromatic carbocycles. The first-order valence-electron chi connectivity index (χ1n) is 5.24. The van der Waals surface area contributed by atoms with Crippen molar-refractivity contribution < 1.29 is 8.78 Å². The van der Waals surface area contributed by atoms with Crippen molar-refractivity contribution in [3.8, 4) is 0 Å². The minimum absolute atomic E-state index is 0.162. The van der Waals surface area contributed by atoms with Gasteiger partial charge in [-0.15, -0.1) is 0 Å². The highest BCUT2D eigenvalue weighted by Crippen LogP contribution is 2.13. The lowest BCUT2D eigenvalue weighted by molar-refractivity contribution is 0.143. The molecule has 6 heteroatoms. The Labute approximate surface area is 98.5 Å². The van der Waals surface area contributed by atoms with Crippen molar-refractivity contribution in [1.29, 1.82) is 0 Å². The zero-order chi connectivity index (χ0) is 13.0. The molecule has 0 unspecified atom stereocenters. The second-order valence-electron chi connectivity index (χ2n) is 3.90. The summed E-state index contributed by atoms with van der Waals surface area (Å²) in [6, 6.07) is 2.76. The first-order valence-corrected chi connectivity index (χ1v) is 5.24. The van der Waals surface area contributed by atoms with E-state index in [1.165, 1.54) is 23.0 Å². The molecule has 0 atom stereocenters. The van der Waals surface area contributed by atoms with Crippen LogP contribution in [0.25, 0.3) is 0 Å². The fourth-order valence-corrected chi connectivity index (χ4v) is 1.24. The van der Waals surface area contributed by atoms with Gasteiger partial charge in [-0.2, -0.15) is 5.10 Å². The number of alkyl halides is 2. The Bertz CT molecular complexity index is 475. The first-order chi connectivity index (χ1) is 7.95. The Kier molecular flexibility index (Phi) is 4.37. The fourth-order valence-electron chi connectivity index (χ4n) is 1.24. The van der Waals surface area contributed by atoms with Crippen LogP contribution in [-0.4, -0.2) is 9.78 Å². The topological polar surface area (TPSA) is 56.2 Å². The summed E-state index contributed by atoms with van der Waals surface area (Å²) in [5.74, 6) is 0.162. The molecule has 0 aliphatic rings. The SMILES string of the molecule is CC(C)C(=C/N)/N=c1/ccc(C(F)F)nn1C. The standard InChI is InChI=1S/C11H16F2N4/c1-7(2)9(6-14)15-10-5-4-8(11(12)13)16-17(10)3/h4-7,11H,14H2,1-3H3/b9-6-,15-10-. The lowest BCUT2D eigenvalue weighted by atomic mass is 10.1. The highest BCUT2D eigenvalue weighted by Gasteiger charge is 2.09. The molecule has 0 saturated heterocycles. The third kappa shape index (κ3) is 3.37. The van der Waals surface area contributed by atoms with Gasteiger partial charge in [-0.1, -0.05) is 13.8 Å². The fraction of sp³-hybridized carbons (Fsp3) is 0.455. The monoisotopic (exact) mass is 242 g/mol. The first kappa shape index (κ1) is 13.3. The molecule has 1 aromatic heterocycles. The van der Waals surface area contributed by atoms with Crippen LogP contribution < -0.4 is 11.2 Å². The molecule has 0 amide bonds. The van der Waals surface area contributed by atoms with E-state index in [0.29, 0.717) is 11.2 Å². The van der Waals surface area contributed by atoms with Gasteiger partial charge in [0.15, 0.2) is 0 Å². The summed E-state index contributed by atoms with van der Waals surface area (Å²) in [4.78, 5) is 4.27. The van der Waals surface area contributed by atoms with E-state index in [2.05, 4.69) is 10.1 Å². The predicted molar refractivity (Wildman–Crippen MR) is 60.8 cm³/mol. The van der Waals surface area contributed by atoms with Gasteiger partial charge >= 0.3 is 0 Å². The zero-order valence-corrected chi connectivity index (χ0v) is 10.1. The van der Waals surface area contributed by atoms with Gasteiger partial charge in [0.1, 0.15) is 11.2 Å². The molecule has 1 rings (SSSR count). The predicted octanol–water partition coefficient (Wildman–Crippen LogP) is 1.71. The maximum Gasteiger partial charge on any atom is 0.282 e. The van der Waals surface area contributed by atoms with Crippen LogP contribution in [0.1, 0.15) is 26.0 Å². The van der Waals surface area contributed by atoms with Gasteiger partial charge < -0.3 is 5.73 Å². The number of aryl methyl sites for hydroxylation is 1. The van der Waals surface area contributed by atoms with E-state index < -0.39 is 6.43 Å². The van der Waals surface area contributed by atoms with Crippen molar-refractivity contribution >= 4 is 0 Å². The molecule has 94 valence electrons. The van der Waals surface area contributed by atoms with Gasteiger partial charge in [0.2, 0.25) is 0 Å². The molecule has 1 aromatic rings. The highest BCUT2D eigenvalue weighted by molar-refractivity contribution is 5.05. The van der Waals surface area contributed by atoms with Crippen LogP contribution in [0, 0.1) is 5.92 Å². The normalized spacial score (nSPS) is 13.8. The van der Waals surface area contributed by atoms with E-state index in [4.69, 9.17) is 5.73 Å². The summed E-state index contributed by atoms with van der Waals surface area (Å²) in [5, 5.41) is 3.72. The molecule has 0 spiro atoms. The number of halogens is 2. The molecule has 1 heterocycles. The van der Waals surface area contributed by atoms with Crippen LogP contribution in [-0.2, 0) is 7.05 Å². The molecule has 0 saturated carbocycles. The second kappa shape index (κ2) is 5.56. The third-order valence-electron chi connectivity index (χ3n) is 2.23. The van der Waals surface area contributed by atoms with Crippen molar-refractivity contribution in [1.82, 2.24) is 9.78 Å². The van der Waals surface area contributed by atoms with E-state index in [-0.39, 0.29) is 11.6 Å². The maximum absolute atomic E-state index is 12.4. The van der Waals surface area contributed by atoms with Gasteiger partial charge in [-0.25, -0.2) is 13.8 Å². The average Bonchev–Trinajstić information content (AvgIpc) is 2.26. The molecule has 0 aliphatic carbocycles. The summed E-state index contributed by atoms with van der Waals surface area (Å²) < 4.78 is 26.1. The summed E-state index contributed by atoms with van der Waals surface area (Å²) in [5.41, 5.74) is 6.35.